The van der Waals surface area contributed by atoms with Crippen molar-refractivity contribution >= 4 is 23.9 Å². The first-order valence-electron chi connectivity index (χ1n) is 15.7. The highest BCUT2D eigenvalue weighted by Gasteiger charge is 2.39. The molecule has 3 aromatic rings. The Labute approximate surface area is 281 Å². The van der Waals surface area contributed by atoms with Crippen LogP contribution in [0.3, 0.4) is 0 Å². The predicted molar refractivity (Wildman–Crippen MR) is 179 cm³/mol. The number of dihydropyridines is 1. The van der Waals surface area contributed by atoms with Gasteiger partial charge in [0.2, 0.25) is 0 Å². The first kappa shape index (κ1) is 34.0. The van der Waals surface area contributed by atoms with Crippen molar-refractivity contribution in [1.82, 2.24) is 10.2 Å². The number of piperidine rings is 1. The Hall–Kier alpha value is -4.31. The highest BCUT2D eigenvalue weighted by atomic mass is 35.5. The molecular weight excluding hydrogens is 620 g/mol. The maximum Gasteiger partial charge on any atom is 0.513 e. The molecule has 2 aliphatic rings. The van der Waals surface area contributed by atoms with E-state index in [1.54, 1.807) is 31.2 Å². The van der Waals surface area contributed by atoms with Crippen LogP contribution in [0.25, 0.3) is 0 Å². The Bertz CT molecular complexity index is 1540. The van der Waals surface area contributed by atoms with E-state index in [4.69, 9.17) is 35.3 Å². The Kier molecular flexibility index (Phi) is 11.6. The van der Waals surface area contributed by atoms with E-state index in [0.29, 0.717) is 28.6 Å². The van der Waals surface area contributed by atoms with Crippen LogP contribution in [0.15, 0.2) is 108 Å². The molecule has 1 saturated heterocycles. The predicted octanol–water partition coefficient (Wildman–Crippen LogP) is 7.52. The van der Waals surface area contributed by atoms with Crippen LogP contribution in [-0.4, -0.2) is 64.3 Å². The molecule has 0 radical (unpaired) electrons. The highest BCUT2D eigenvalue weighted by Crippen LogP contribution is 2.43. The molecule has 0 aliphatic carbocycles. The number of carbonyl (C=O) groups is 2. The fraction of sp³-hybridized carbons (Fsp3) is 0.351. The molecular formula is C37H41ClN2O7. The molecule has 0 amide bonds. The van der Waals surface area contributed by atoms with E-state index in [-0.39, 0.29) is 23.5 Å². The van der Waals surface area contributed by atoms with Gasteiger partial charge in [0.15, 0.2) is 0 Å². The molecule has 1 unspecified atom stereocenters. The molecule has 9 nitrogen and oxygen atoms in total. The quantitative estimate of drug-likeness (QED) is 0.165. The van der Waals surface area contributed by atoms with Crippen LogP contribution in [0.2, 0.25) is 5.02 Å². The lowest BCUT2D eigenvalue weighted by Gasteiger charge is -2.43. The number of hydrogen-bond donors (Lipinski definition) is 1. The maximum absolute atomic E-state index is 12.4. The number of benzene rings is 3. The van der Waals surface area contributed by atoms with E-state index in [9.17, 15) is 9.59 Å². The van der Waals surface area contributed by atoms with E-state index in [2.05, 4.69) is 70.9 Å². The van der Waals surface area contributed by atoms with E-state index in [0.717, 1.165) is 38.9 Å². The molecule has 10 heteroatoms. The number of hydrogen-bond acceptors (Lipinski definition) is 9. The maximum atomic E-state index is 12.4. The Morgan fingerprint density at radius 2 is 1.38 bits per heavy atom. The van der Waals surface area contributed by atoms with Crippen LogP contribution >= 0.6 is 11.6 Å². The summed E-state index contributed by atoms with van der Waals surface area (Å²) in [6, 6.07) is 28.7. The number of ether oxygens (including phenoxy) is 5. The van der Waals surface area contributed by atoms with Crippen LogP contribution in [0, 0.1) is 0 Å². The number of likely N-dealkylation sites (tertiary alicyclic amines) is 1. The summed E-state index contributed by atoms with van der Waals surface area (Å²) in [7, 11) is 2.43. The standard InChI is InChI=1S/C37H41ClN2O7/c1-26-33(46-35(41)43-2)32(29-17-10-11-18-30(29)38)34(47-36(42)44-3)31(39-26)25-45-24-12-21-40-22-19-37(20-23-40,27-13-6-4-7-14-27)28-15-8-5-9-16-28/h4-11,13-18,32,39H,12,19-25H2,1-3H3. The van der Waals surface area contributed by atoms with Gasteiger partial charge in [-0.15, -0.1) is 0 Å². The van der Waals surface area contributed by atoms with Crippen molar-refractivity contribution in [2.24, 2.45) is 0 Å². The van der Waals surface area contributed by atoms with Gasteiger partial charge in [-0.05, 0) is 62.0 Å². The van der Waals surface area contributed by atoms with Gasteiger partial charge in [0, 0.05) is 23.6 Å². The topological polar surface area (TPSA) is 95.6 Å². The van der Waals surface area contributed by atoms with Gasteiger partial charge in [-0.3, -0.25) is 0 Å². The summed E-state index contributed by atoms with van der Waals surface area (Å²) in [4.78, 5) is 27.1. The number of nitrogens with one attached hydrogen (secondary N) is 1. The highest BCUT2D eigenvalue weighted by molar-refractivity contribution is 6.31. The number of halogens is 1. The van der Waals surface area contributed by atoms with Crippen LogP contribution < -0.4 is 5.32 Å². The Morgan fingerprint density at radius 3 is 1.96 bits per heavy atom. The van der Waals surface area contributed by atoms with E-state index in [1.165, 1.54) is 25.3 Å². The second kappa shape index (κ2) is 16.0. The van der Waals surface area contributed by atoms with Crippen molar-refractivity contribution in [3.8, 4) is 0 Å². The molecule has 47 heavy (non-hydrogen) atoms. The minimum Gasteiger partial charge on any atom is -0.437 e. The molecule has 2 heterocycles. The molecule has 5 rings (SSSR count). The molecule has 0 aromatic heterocycles. The number of nitrogens with zero attached hydrogens (tertiary/aromatic N) is 1. The van der Waals surface area contributed by atoms with Crippen LogP contribution in [0.1, 0.15) is 48.8 Å². The van der Waals surface area contributed by atoms with Gasteiger partial charge in [0.1, 0.15) is 17.4 Å². The van der Waals surface area contributed by atoms with E-state index in [1.807, 2.05) is 0 Å². The lowest BCUT2D eigenvalue weighted by molar-refractivity contribution is 0.0750. The molecule has 0 spiro atoms. The molecule has 0 saturated carbocycles. The molecule has 3 aromatic carbocycles. The molecule has 1 atom stereocenters. The van der Waals surface area contributed by atoms with Gasteiger partial charge >= 0.3 is 12.3 Å². The molecule has 1 N–H and O–H groups in total. The van der Waals surface area contributed by atoms with Gasteiger partial charge < -0.3 is 33.9 Å². The van der Waals surface area contributed by atoms with Crippen molar-refractivity contribution in [3.63, 3.8) is 0 Å². The van der Waals surface area contributed by atoms with Gasteiger partial charge in [-0.2, -0.15) is 0 Å². The summed E-state index contributed by atoms with van der Waals surface area (Å²) in [5.41, 5.74) is 4.31. The van der Waals surface area contributed by atoms with Gasteiger partial charge in [-0.25, -0.2) is 9.59 Å². The minimum atomic E-state index is -0.930. The zero-order chi connectivity index (χ0) is 33.2. The lowest BCUT2D eigenvalue weighted by Crippen LogP contribution is -2.43. The normalized spacial score (nSPS) is 17.9. The number of carbonyl (C=O) groups excluding carboxylic acids is 2. The number of methoxy groups -OCH3 is 2. The fourth-order valence-corrected chi connectivity index (χ4v) is 6.70. The van der Waals surface area contributed by atoms with Crippen molar-refractivity contribution in [1.29, 1.82) is 0 Å². The van der Waals surface area contributed by atoms with Crippen molar-refractivity contribution in [2.45, 2.75) is 37.5 Å². The summed E-state index contributed by atoms with van der Waals surface area (Å²) in [5, 5.41) is 3.59. The minimum absolute atomic E-state index is 0.00465. The number of rotatable bonds is 11. The third-order valence-corrected chi connectivity index (χ3v) is 9.18. The van der Waals surface area contributed by atoms with Crippen LogP contribution in [-0.2, 0) is 29.1 Å². The van der Waals surface area contributed by atoms with Crippen molar-refractivity contribution in [2.75, 3.05) is 47.1 Å². The third kappa shape index (κ3) is 7.99. The Balaban J connectivity index is 1.25. The van der Waals surface area contributed by atoms with Crippen LogP contribution in [0.5, 0.6) is 0 Å². The zero-order valence-electron chi connectivity index (χ0n) is 27.0. The third-order valence-electron chi connectivity index (χ3n) is 8.84. The van der Waals surface area contributed by atoms with E-state index < -0.39 is 18.2 Å². The molecule has 1 fully saturated rings. The molecule has 2 aliphatic heterocycles. The fourth-order valence-electron chi connectivity index (χ4n) is 6.46. The average Bonchev–Trinajstić information content (AvgIpc) is 3.11. The monoisotopic (exact) mass is 660 g/mol. The van der Waals surface area contributed by atoms with Crippen molar-refractivity contribution < 1.29 is 33.3 Å². The second-order valence-electron chi connectivity index (χ2n) is 11.6. The summed E-state index contributed by atoms with van der Waals surface area (Å²) in [6.45, 7) is 5.22. The first-order valence-corrected chi connectivity index (χ1v) is 16.1. The number of allylic oxidation sites excluding steroid dienone is 1. The van der Waals surface area contributed by atoms with E-state index >= 15 is 0 Å². The summed E-state index contributed by atoms with van der Waals surface area (Å²) in [6.07, 6.45) is 1.05. The zero-order valence-corrected chi connectivity index (χ0v) is 27.8. The van der Waals surface area contributed by atoms with Gasteiger partial charge in [0.25, 0.3) is 0 Å². The van der Waals surface area contributed by atoms with Gasteiger partial charge in [-0.1, -0.05) is 90.5 Å². The summed E-state index contributed by atoms with van der Waals surface area (Å²) < 4.78 is 26.9. The van der Waals surface area contributed by atoms with Gasteiger partial charge in [0.05, 0.1) is 32.2 Å². The molecule has 248 valence electrons. The average molecular weight is 661 g/mol. The summed E-state index contributed by atoms with van der Waals surface area (Å²) >= 11 is 6.59. The van der Waals surface area contributed by atoms with Crippen LogP contribution in [0.4, 0.5) is 9.59 Å². The lowest BCUT2D eigenvalue weighted by atomic mass is 9.68. The Morgan fingerprint density at radius 1 is 0.830 bits per heavy atom. The smallest absolute Gasteiger partial charge is 0.437 e. The first-order chi connectivity index (χ1) is 22.9. The second-order valence-corrected chi connectivity index (χ2v) is 12.0. The largest absolute Gasteiger partial charge is 0.513 e. The SMILES string of the molecule is COC(=O)OC1=C(C)NC(COCCCN2CCC(c3ccccc3)(c3ccccc3)CC2)=C(OC(=O)OC)C1c1ccccc1Cl. The summed E-state index contributed by atoms with van der Waals surface area (Å²) in [5.74, 6) is -0.506. The van der Waals surface area contributed by atoms with Crippen molar-refractivity contribution in [3.05, 3.63) is 130 Å². The molecule has 0 bridgehead atoms.